The van der Waals surface area contributed by atoms with E-state index in [0.717, 1.165) is 23.5 Å². The summed E-state index contributed by atoms with van der Waals surface area (Å²) in [4.78, 5) is 18.2. The maximum absolute atomic E-state index is 12.3. The molecule has 0 radical (unpaired) electrons. The van der Waals surface area contributed by atoms with Gasteiger partial charge in [0.05, 0.1) is 23.1 Å². The number of likely N-dealkylation sites (N-methyl/N-ethyl adjacent to an activating group) is 1. The molecule has 4 rings (SSSR count). The third kappa shape index (κ3) is 4.35. The minimum absolute atomic E-state index is 0. The van der Waals surface area contributed by atoms with E-state index in [1.807, 2.05) is 6.07 Å². The van der Waals surface area contributed by atoms with Gasteiger partial charge in [-0.15, -0.1) is 0 Å². The third-order valence-corrected chi connectivity index (χ3v) is 5.21. The van der Waals surface area contributed by atoms with Gasteiger partial charge >= 0.3 is 0 Å². The molecule has 5 nitrogen and oxygen atoms in total. The first-order valence-corrected chi connectivity index (χ1v) is 9.44. The van der Waals surface area contributed by atoms with Crippen molar-refractivity contribution >= 4 is 17.3 Å². The van der Waals surface area contributed by atoms with E-state index < -0.39 is 0 Å². The molecular weight excluding hydrogens is 386 g/mol. The van der Waals surface area contributed by atoms with Crippen molar-refractivity contribution < 1.29 is 26.6 Å². The highest BCUT2D eigenvalue weighted by atomic mass is 35.5. The summed E-state index contributed by atoms with van der Waals surface area (Å²) in [6, 6.07) is 18.7. The van der Waals surface area contributed by atoms with Crippen LogP contribution < -0.4 is 27.6 Å². The van der Waals surface area contributed by atoms with E-state index in [-0.39, 0.29) is 24.4 Å². The van der Waals surface area contributed by atoms with Gasteiger partial charge in [-0.2, -0.15) is 0 Å². The van der Waals surface area contributed by atoms with E-state index in [0.29, 0.717) is 12.1 Å². The number of anilines is 1. The first-order valence-electron chi connectivity index (χ1n) is 9.44. The largest absolute Gasteiger partial charge is 1.00 e. The zero-order valence-corrected chi connectivity index (χ0v) is 17.2. The van der Waals surface area contributed by atoms with E-state index in [2.05, 4.69) is 71.6 Å². The molecule has 0 aliphatic carbocycles. The molecule has 29 heavy (non-hydrogen) atoms. The number of halogens is 1. The highest BCUT2D eigenvalue weighted by molar-refractivity contribution is 6.12. The van der Waals surface area contributed by atoms with Gasteiger partial charge in [0, 0.05) is 19.2 Å². The highest BCUT2D eigenvalue weighted by Crippen LogP contribution is 2.25. The second-order valence-electron chi connectivity index (χ2n) is 7.13. The Hall–Kier alpha value is -3.05. The number of benzene rings is 2. The van der Waals surface area contributed by atoms with Crippen LogP contribution in [0, 0.1) is 6.92 Å². The molecule has 1 amide bonds. The summed E-state index contributed by atoms with van der Waals surface area (Å²) in [5, 5.41) is 3.02. The van der Waals surface area contributed by atoms with Crippen molar-refractivity contribution in [2.75, 3.05) is 25.0 Å². The molecule has 2 N–H and O–H groups in total. The number of amides is 1. The van der Waals surface area contributed by atoms with Gasteiger partial charge in [-0.05, 0) is 37.3 Å². The summed E-state index contributed by atoms with van der Waals surface area (Å²) >= 11 is 0. The Morgan fingerprint density at radius 3 is 2.72 bits per heavy atom. The maximum atomic E-state index is 12.3. The third-order valence-electron chi connectivity index (χ3n) is 5.21. The zero-order valence-electron chi connectivity index (χ0n) is 16.5. The van der Waals surface area contributed by atoms with Crippen LogP contribution in [0.5, 0.6) is 0 Å². The molecule has 0 unspecified atom stereocenters. The number of fused-ring (bicyclic) bond motifs is 1. The molecule has 0 bridgehead atoms. The normalized spacial score (nSPS) is 15.6. The molecule has 0 saturated carbocycles. The number of carbonyl (C=O) groups is 1. The lowest BCUT2D eigenvalue weighted by molar-refractivity contribution is -0.457. The summed E-state index contributed by atoms with van der Waals surface area (Å²) < 4.78 is 5.00. The van der Waals surface area contributed by atoms with Crippen molar-refractivity contribution in [3.63, 3.8) is 0 Å². The molecule has 3 aromatic rings. The molecule has 6 heteroatoms. The van der Waals surface area contributed by atoms with Crippen LogP contribution in [0.4, 0.5) is 5.69 Å². The van der Waals surface area contributed by atoms with Crippen molar-refractivity contribution in [1.29, 1.82) is 0 Å². The fraction of sp³-hybridized carbons (Fsp3) is 0.217. The van der Waals surface area contributed by atoms with Gasteiger partial charge < -0.3 is 27.0 Å². The molecular formula is C23H24ClN3O2. The van der Waals surface area contributed by atoms with Crippen LogP contribution in [0.15, 0.2) is 71.5 Å². The SMILES string of the molecule is Cc1ccc2c(c1)C(c1ccccc1)=[NH+]C[C@H](CNC(=O)c1ccoc1)N2C.[Cl-]. The number of aryl methyl sites for hydroxylation is 1. The van der Waals surface area contributed by atoms with Gasteiger partial charge in [-0.25, -0.2) is 4.99 Å². The molecule has 2 heterocycles. The van der Waals surface area contributed by atoms with Crippen molar-refractivity contribution in [2.24, 2.45) is 0 Å². The number of hydrogen-bond donors (Lipinski definition) is 2. The number of rotatable bonds is 4. The molecule has 150 valence electrons. The van der Waals surface area contributed by atoms with Crippen molar-refractivity contribution in [3.8, 4) is 0 Å². The summed E-state index contributed by atoms with van der Waals surface area (Å²) in [6.45, 7) is 3.36. The van der Waals surface area contributed by atoms with Crippen LogP contribution in [-0.4, -0.2) is 37.8 Å². The van der Waals surface area contributed by atoms with E-state index >= 15 is 0 Å². The summed E-state index contributed by atoms with van der Waals surface area (Å²) in [5.41, 5.74) is 6.36. The molecule has 1 aliphatic heterocycles. The molecule has 0 saturated heterocycles. The number of nitrogens with zero attached hydrogens (tertiary/aromatic N) is 1. The predicted molar refractivity (Wildman–Crippen MR) is 110 cm³/mol. The van der Waals surface area contributed by atoms with Crippen LogP contribution in [-0.2, 0) is 0 Å². The van der Waals surface area contributed by atoms with Crippen molar-refractivity contribution in [3.05, 3.63) is 89.4 Å². The minimum Gasteiger partial charge on any atom is -1.00 e. The van der Waals surface area contributed by atoms with Gasteiger partial charge in [0.1, 0.15) is 12.3 Å². The highest BCUT2D eigenvalue weighted by Gasteiger charge is 2.29. The summed E-state index contributed by atoms with van der Waals surface area (Å²) in [6.07, 6.45) is 2.97. The Kier molecular flexibility index (Phi) is 6.39. The number of hydrogen-bond acceptors (Lipinski definition) is 3. The molecule has 0 fully saturated rings. The lowest BCUT2D eigenvalue weighted by atomic mass is 9.98. The van der Waals surface area contributed by atoms with Crippen LogP contribution in [0.1, 0.15) is 27.0 Å². The molecule has 1 aromatic heterocycles. The first-order chi connectivity index (χ1) is 13.6. The Morgan fingerprint density at radius 2 is 2.00 bits per heavy atom. The van der Waals surface area contributed by atoms with E-state index in [9.17, 15) is 4.79 Å². The maximum Gasteiger partial charge on any atom is 0.254 e. The quantitative estimate of drug-likeness (QED) is 0.566. The average Bonchev–Trinajstić information content (AvgIpc) is 3.21. The molecule has 1 aliphatic rings. The lowest BCUT2D eigenvalue weighted by Gasteiger charge is -2.27. The van der Waals surface area contributed by atoms with Crippen molar-refractivity contribution in [2.45, 2.75) is 13.0 Å². The molecule has 1 atom stereocenters. The minimum atomic E-state index is -0.122. The van der Waals surface area contributed by atoms with Gasteiger partial charge in [0.2, 0.25) is 5.71 Å². The standard InChI is InChI=1S/C23H23N3O2.ClH/c1-16-8-9-21-20(12-16)22(17-6-4-3-5-7-17)24-13-19(26(21)2)14-25-23(27)18-10-11-28-15-18;/h3-12,15,19H,13-14H2,1-2H3,(H,25,27);1H/t19-;/m1./s1. The van der Waals surface area contributed by atoms with Crippen LogP contribution in [0.25, 0.3) is 0 Å². The summed E-state index contributed by atoms with van der Waals surface area (Å²) in [5.74, 6) is -0.122. The van der Waals surface area contributed by atoms with Crippen LogP contribution in [0.2, 0.25) is 0 Å². The van der Waals surface area contributed by atoms with Gasteiger partial charge in [0.15, 0.2) is 6.54 Å². The fourth-order valence-electron chi connectivity index (χ4n) is 3.58. The Labute approximate surface area is 176 Å². The Morgan fingerprint density at radius 1 is 1.21 bits per heavy atom. The van der Waals surface area contributed by atoms with Gasteiger partial charge in [-0.1, -0.05) is 29.8 Å². The second kappa shape index (κ2) is 8.97. The van der Waals surface area contributed by atoms with Gasteiger partial charge in [0.25, 0.3) is 5.91 Å². The smallest absolute Gasteiger partial charge is 0.254 e. The van der Waals surface area contributed by atoms with Gasteiger partial charge in [-0.3, -0.25) is 4.79 Å². The summed E-state index contributed by atoms with van der Waals surface area (Å²) in [7, 11) is 2.08. The average molecular weight is 410 g/mol. The number of carbonyl (C=O) groups excluding carboxylic acids is 1. The number of benzodiazepines with no additional fused rings is 1. The number of furan rings is 1. The van der Waals surface area contributed by atoms with E-state index in [1.165, 1.54) is 23.7 Å². The monoisotopic (exact) mass is 409 g/mol. The first kappa shape index (κ1) is 20.7. The Bertz CT molecular complexity index is 1000. The predicted octanol–water partition coefficient (Wildman–Crippen LogP) is -1.24. The molecule has 0 spiro atoms. The topological polar surface area (TPSA) is 59.5 Å². The van der Waals surface area contributed by atoms with E-state index in [1.54, 1.807) is 6.07 Å². The van der Waals surface area contributed by atoms with Crippen LogP contribution >= 0.6 is 0 Å². The lowest BCUT2D eigenvalue weighted by Crippen LogP contribution is -3.00. The number of nitrogens with one attached hydrogen (secondary N) is 2. The Balaban J connectivity index is 0.00000240. The van der Waals surface area contributed by atoms with Crippen LogP contribution in [0.3, 0.4) is 0 Å². The fourth-order valence-corrected chi connectivity index (χ4v) is 3.58. The van der Waals surface area contributed by atoms with Crippen molar-refractivity contribution in [1.82, 2.24) is 5.32 Å². The zero-order chi connectivity index (χ0) is 19.5. The molecule has 2 aromatic carbocycles. The van der Waals surface area contributed by atoms with E-state index in [4.69, 9.17) is 4.42 Å². The second-order valence-corrected chi connectivity index (χ2v) is 7.13.